The first-order chi connectivity index (χ1) is 9.76. The molecular formula is C17H34N2O. The summed E-state index contributed by atoms with van der Waals surface area (Å²) in [6.45, 7) is 12.0. The largest absolute Gasteiger partial charge is 0.392 e. The first-order valence-corrected chi connectivity index (χ1v) is 8.27. The molecule has 0 amide bonds. The third-order valence-corrected chi connectivity index (χ3v) is 3.41. The molecule has 0 radical (unpaired) electrons. The van der Waals surface area contributed by atoms with Crippen LogP contribution in [-0.4, -0.2) is 48.5 Å². The van der Waals surface area contributed by atoms with Crippen molar-refractivity contribution in [3.63, 3.8) is 0 Å². The Morgan fingerprint density at radius 3 is 2.75 bits per heavy atom. The number of likely N-dealkylation sites (tertiary alicyclic amines) is 1. The van der Waals surface area contributed by atoms with Gasteiger partial charge in [-0.25, -0.2) is 0 Å². The number of β-amino-alcohol motifs (C(OH)–C–C–N with tert-alkyl or cyclic N) is 1. The molecular weight excluding hydrogens is 248 g/mol. The van der Waals surface area contributed by atoms with Crippen LogP contribution in [0.5, 0.6) is 0 Å². The summed E-state index contributed by atoms with van der Waals surface area (Å²) in [6.07, 6.45) is 10.7. The summed E-state index contributed by atoms with van der Waals surface area (Å²) in [5, 5.41) is 9.70. The maximum Gasteiger partial charge on any atom is 0.0667 e. The fraction of sp³-hybridized carbons (Fsp3) is 0.824. The van der Waals surface area contributed by atoms with Gasteiger partial charge in [0.15, 0.2) is 0 Å². The van der Waals surface area contributed by atoms with Crippen LogP contribution in [0.2, 0.25) is 0 Å². The molecule has 1 aliphatic rings. The number of aliphatic imine (C=N–C) groups is 1. The van der Waals surface area contributed by atoms with Crippen molar-refractivity contribution in [2.45, 2.75) is 59.5 Å². The van der Waals surface area contributed by atoms with E-state index in [4.69, 9.17) is 0 Å². The van der Waals surface area contributed by atoms with Crippen molar-refractivity contribution in [1.29, 1.82) is 0 Å². The average molecular weight is 282 g/mol. The highest BCUT2D eigenvalue weighted by Gasteiger charge is 2.19. The van der Waals surface area contributed by atoms with E-state index in [0.29, 0.717) is 5.92 Å². The van der Waals surface area contributed by atoms with Crippen LogP contribution < -0.4 is 0 Å². The molecule has 0 aromatic carbocycles. The van der Waals surface area contributed by atoms with Crippen molar-refractivity contribution < 1.29 is 5.11 Å². The number of aliphatic hydroxyl groups is 1. The number of hydrogen-bond acceptors (Lipinski definition) is 3. The van der Waals surface area contributed by atoms with Crippen LogP contribution >= 0.6 is 0 Å². The molecule has 0 saturated carbocycles. The Hall–Kier alpha value is -0.670. The third-order valence-electron chi connectivity index (χ3n) is 3.41. The molecule has 2 unspecified atom stereocenters. The van der Waals surface area contributed by atoms with Crippen molar-refractivity contribution >= 4 is 6.21 Å². The highest BCUT2D eigenvalue weighted by molar-refractivity contribution is 5.61. The van der Waals surface area contributed by atoms with E-state index in [2.05, 4.69) is 42.1 Å². The van der Waals surface area contributed by atoms with Gasteiger partial charge in [-0.3, -0.25) is 4.99 Å². The fourth-order valence-corrected chi connectivity index (χ4v) is 2.47. The Balaban J connectivity index is 0.00000172. The van der Waals surface area contributed by atoms with Crippen LogP contribution in [0.1, 0.15) is 53.4 Å². The molecule has 2 atom stereocenters. The van der Waals surface area contributed by atoms with Crippen molar-refractivity contribution in [3.05, 3.63) is 12.2 Å². The minimum absolute atomic E-state index is 0.127. The van der Waals surface area contributed by atoms with Gasteiger partial charge >= 0.3 is 0 Å². The number of rotatable bonds is 7. The van der Waals surface area contributed by atoms with E-state index in [9.17, 15) is 5.11 Å². The van der Waals surface area contributed by atoms with Crippen LogP contribution in [0.15, 0.2) is 17.1 Å². The number of nitrogens with zero attached hydrogens (tertiary/aromatic N) is 2. The molecule has 0 aliphatic carbocycles. The minimum atomic E-state index is -0.127. The molecule has 3 nitrogen and oxygen atoms in total. The minimum Gasteiger partial charge on any atom is -0.392 e. The first-order valence-electron chi connectivity index (χ1n) is 8.27. The summed E-state index contributed by atoms with van der Waals surface area (Å²) in [5.41, 5.74) is 0. The van der Waals surface area contributed by atoms with Gasteiger partial charge in [0.1, 0.15) is 0 Å². The molecule has 20 heavy (non-hydrogen) atoms. The molecule has 1 N–H and O–H groups in total. The van der Waals surface area contributed by atoms with Crippen LogP contribution in [-0.2, 0) is 0 Å². The number of hydrogen-bond donors (Lipinski definition) is 1. The summed E-state index contributed by atoms with van der Waals surface area (Å²) in [7, 11) is 0. The van der Waals surface area contributed by atoms with E-state index in [-0.39, 0.29) is 6.10 Å². The zero-order valence-electron chi connectivity index (χ0n) is 13.9. The molecule has 1 aliphatic heterocycles. The van der Waals surface area contributed by atoms with Crippen LogP contribution in [0.3, 0.4) is 0 Å². The van der Waals surface area contributed by atoms with Crippen LogP contribution in [0.4, 0.5) is 0 Å². The zero-order valence-corrected chi connectivity index (χ0v) is 13.9. The number of piperidine rings is 1. The lowest BCUT2D eigenvalue weighted by atomic mass is 10.0. The summed E-state index contributed by atoms with van der Waals surface area (Å²) < 4.78 is 0. The smallest absolute Gasteiger partial charge is 0.0667 e. The number of allylic oxidation sites excluding steroid dienone is 2. The van der Waals surface area contributed by atoms with E-state index < -0.39 is 0 Å². The first kappa shape index (κ1) is 19.3. The van der Waals surface area contributed by atoms with E-state index in [1.54, 1.807) is 0 Å². The second-order valence-corrected chi connectivity index (χ2v) is 5.11. The van der Waals surface area contributed by atoms with Crippen molar-refractivity contribution in [2.24, 2.45) is 10.9 Å². The van der Waals surface area contributed by atoms with E-state index >= 15 is 0 Å². The standard InChI is InChI=1S/C15H28N2O.C2H6/c1-3-5-6-8-14(11-16-4-2)12-17-10-7-9-15(18)13-17;1-2/h3,5,11,14-15,18H,4,6-10,12-13H2,1-2H3;1-2H3/b5-3+,16-11?;. The summed E-state index contributed by atoms with van der Waals surface area (Å²) in [4.78, 5) is 6.78. The van der Waals surface area contributed by atoms with E-state index in [1.807, 2.05) is 13.8 Å². The highest BCUT2D eigenvalue weighted by atomic mass is 16.3. The van der Waals surface area contributed by atoms with Gasteiger partial charge in [-0.15, -0.1) is 0 Å². The second kappa shape index (κ2) is 13.3. The Morgan fingerprint density at radius 1 is 1.40 bits per heavy atom. The Labute approximate surface area is 125 Å². The van der Waals surface area contributed by atoms with Gasteiger partial charge in [0, 0.05) is 31.8 Å². The average Bonchev–Trinajstić information content (AvgIpc) is 2.47. The molecule has 0 aromatic heterocycles. The molecule has 1 heterocycles. The van der Waals surface area contributed by atoms with Gasteiger partial charge in [0.25, 0.3) is 0 Å². The molecule has 0 spiro atoms. The molecule has 1 fully saturated rings. The number of aliphatic hydroxyl groups excluding tert-OH is 1. The Bertz CT molecular complexity index is 264. The molecule has 1 saturated heterocycles. The SMILES string of the molecule is C/C=C/CCC(C=NCC)CN1CCCC(O)C1.CC. The van der Waals surface area contributed by atoms with Gasteiger partial charge in [-0.1, -0.05) is 26.0 Å². The molecule has 1 rings (SSSR count). The summed E-state index contributed by atoms with van der Waals surface area (Å²) >= 11 is 0. The van der Waals surface area contributed by atoms with Crippen LogP contribution in [0, 0.1) is 5.92 Å². The van der Waals surface area contributed by atoms with Crippen molar-refractivity contribution in [1.82, 2.24) is 4.90 Å². The maximum atomic E-state index is 9.70. The maximum absolute atomic E-state index is 9.70. The zero-order chi connectivity index (χ0) is 15.2. The normalized spacial score (nSPS) is 21.9. The van der Waals surface area contributed by atoms with Crippen molar-refractivity contribution in [2.75, 3.05) is 26.2 Å². The molecule has 118 valence electrons. The van der Waals surface area contributed by atoms with Crippen molar-refractivity contribution in [3.8, 4) is 0 Å². The van der Waals surface area contributed by atoms with Gasteiger partial charge in [-0.05, 0) is 46.1 Å². The van der Waals surface area contributed by atoms with Gasteiger partial charge in [0.2, 0.25) is 0 Å². The molecule has 3 heteroatoms. The lowest BCUT2D eigenvalue weighted by Gasteiger charge is -2.32. The Kier molecular flexibility index (Phi) is 12.9. The second-order valence-electron chi connectivity index (χ2n) is 5.11. The fourth-order valence-electron chi connectivity index (χ4n) is 2.47. The third kappa shape index (κ3) is 9.27. The molecule has 0 bridgehead atoms. The summed E-state index contributed by atoms with van der Waals surface area (Å²) in [6, 6.07) is 0. The van der Waals surface area contributed by atoms with E-state index in [0.717, 1.165) is 51.9 Å². The quantitative estimate of drug-likeness (QED) is 0.573. The highest BCUT2D eigenvalue weighted by Crippen LogP contribution is 2.14. The predicted molar refractivity (Wildman–Crippen MR) is 89.6 cm³/mol. The Morgan fingerprint density at radius 2 is 2.15 bits per heavy atom. The van der Waals surface area contributed by atoms with Crippen LogP contribution in [0.25, 0.3) is 0 Å². The lowest BCUT2D eigenvalue weighted by molar-refractivity contribution is 0.0664. The topological polar surface area (TPSA) is 35.8 Å². The van der Waals surface area contributed by atoms with E-state index in [1.165, 1.54) is 0 Å². The van der Waals surface area contributed by atoms with Gasteiger partial charge in [-0.2, -0.15) is 0 Å². The summed E-state index contributed by atoms with van der Waals surface area (Å²) in [5.74, 6) is 0.520. The van der Waals surface area contributed by atoms with Gasteiger partial charge < -0.3 is 10.0 Å². The molecule has 0 aromatic rings. The van der Waals surface area contributed by atoms with Gasteiger partial charge in [0.05, 0.1) is 6.10 Å². The predicted octanol–water partition coefficient (Wildman–Crippen LogP) is 3.53. The monoisotopic (exact) mass is 282 g/mol. The lowest BCUT2D eigenvalue weighted by Crippen LogP contribution is -2.41.